The number of rotatable bonds is 3. The molecule has 2 aromatic rings. The average molecular weight is 260 g/mol. The molecule has 0 aliphatic heterocycles. The van der Waals surface area contributed by atoms with E-state index in [-0.39, 0.29) is 5.75 Å². The van der Waals surface area contributed by atoms with Crippen LogP contribution in [0.5, 0.6) is 5.75 Å². The van der Waals surface area contributed by atoms with Gasteiger partial charge in [0.25, 0.3) is 0 Å². The first-order valence-corrected chi connectivity index (χ1v) is 6.69. The van der Waals surface area contributed by atoms with Gasteiger partial charge >= 0.3 is 0 Å². The maximum atomic E-state index is 9.76. The van der Waals surface area contributed by atoms with Crippen molar-refractivity contribution >= 4 is 11.8 Å². The minimum absolute atomic E-state index is 0.282. The third-order valence-electron chi connectivity index (χ3n) is 2.44. The van der Waals surface area contributed by atoms with E-state index in [9.17, 15) is 5.11 Å². The van der Waals surface area contributed by atoms with Crippen molar-refractivity contribution in [1.29, 1.82) is 0 Å². The molecule has 0 saturated heterocycles. The van der Waals surface area contributed by atoms with E-state index in [0.717, 1.165) is 21.4 Å². The molecule has 18 heavy (non-hydrogen) atoms. The van der Waals surface area contributed by atoms with Crippen molar-refractivity contribution in [3.63, 3.8) is 0 Å². The molecule has 1 aromatic carbocycles. The maximum Gasteiger partial charge on any atom is 0.132 e. The summed E-state index contributed by atoms with van der Waals surface area (Å²) in [6.07, 6.45) is 0. The zero-order chi connectivity index (χ0) is 13.1. The Morgan fingerprint density at radius 1 is 1.17 bits per heavy atom. The van der Waals surface area contributed by atoms with Gasteiger partial charge in [0, 0.05) is 11.6 Å². The van der Waals surface area contributed by atoms with Gasteiger partial charge in [0.1, 0.15) is 16.6 Å². The highest BCUT2D eigenvalue weighted by atomic mass is 32.2. The number of hydrogen-bond donors (Lipinski definition) is 1. The number of phenolic OH excluding ortho intramolecular Hbond substituents is 1. The Labute approximate surface area is 111 Å². The molecular formula is C14H16N2OS. The lowest BCUT2D eigenvalue weighted by Gasteiger charge is -2.08. The number of aromatic hydroxyl groups is 1. The lowest BCUT2D eigenvalue weighted by molar-refractivity contribution is 0.462. The van der Waals surface area contributed by atoms with Gasteiger partial charge in [0.2, 0.25) is 0 Å². The summed E-state index contributed by atoms with van der Waals surface area (Å²) in [6.45, 7) is 6.11. The van der Waals surface area contributed by atoms with E-state index >= 15 is 0 Å². The van der Waals surface area contributed by atoms with Crippen LogP contribution in [0.4, 0.5) is 0 Å². The number of aryl methyl sites for hydroxylation is 1. The second kappa shape index (κ2) is 5.40. The van der Waals surface area contributed by atoms with Crippen molar-refractivity contribution in [3.05, 3.63) is 41.9 Å². The van der Waals surface area contributed by atoms with Gasteiger partial charge in [-0.1, -0.05) is 37.7 Å². The third kappa shape index (κ3) is 3.01. The van der Waals surface area contributed by atoms with E-state index in [1.807, 2.05) is 31.2 Å². The fourth-order valence-electron chi connectivity index (χ4n) is 1.53. The smallest absolute Gasteiger partial charge is 0.132 e. The Balaban J connectivity index is 2.32. The van der Waals surface area contributed by atoms with E-state index in [2.05, 4.69) is 23.8 Å². The molecule has 4 heteroatoms. The minimum atomic E-state index is 0.282. The van der Waals surface area contributed by atoms with Crippen molar-refractivity contribution < 1.29 is 5.11 Å². The third-order valence-corrected chi connectivity index (χ3v) is 3.43. The number of phenols is 1. The summed E-state index contributed by atoms with van der Waals surface area (Å²) in [6, 6.07) is 9.21. The highest BCUT2D eigenvalue weighted by Gasteiger charge is 2.09. The quantitative estimate of drug-likeness (QED) is 0.853. The van der Waals surface area contributed by atoms with Crippen LogP contribution < -0.4 is 0 Å². The summed E-state index contributed by atoms with van der Waals surface area (Å²) < 4.78 is 0. The summed E-state index contributed by atoms with van der Waals surface area (Å²) in [7, 11) is 0. The van der Waals surface area contributed by atoms with Crippen molar-refractivity contribution in [3.8, 4) is 5.75 Å². The van der Waals surface area contributed by atoms with Gasteiger partial charge in [-0.3, -0.25) is 0 Å². The van der Waals surface area contributed by atoms with Gasteiger partial charge in [0.15, 0.2) is 0 Å². The van der Waals surface area contributed by atoms with E-state index in [1.165, 1.54) is 11.8 Å². The fourth-order valence-corrected chi connectivity index (χ4v) is 2.44. The first kappa shape index (κ1) is 12.9. The molecular weight excluding hydrogens is 244 g/mol. The number of benzene rings is 1. The van der Waals surface area contributed by atoms with Crippen LogP contribution in [0.1, 0.15) is 31.3 Å². The van der Waals surface area contributed by atoms with Crippen LogP contribution in [0.15, 0.2) is 40.3 Å². The highest BCUT2D eigenvalue weighted by molar-refractivity contribution is 7.99. The second-order valence-electron chi connectivity index (χ2n) is 4.43. The molecule has 1 N–H and O–H groups in total. The van der Waals surface area contributed by atoms with E-state index in [0.29, 0.717) is 5.92 Å². The molecule has 3 nitrogen and oxygen atoms in total. The summed E-state index contributed by atoms with van der Waals surface area (Å²) in [5.74, 6) is 1.42. The first-order chi connectivity index (χ1) is 8.56. The van der Waals surface area contributed by atoms with Crippen molar-refractivity contribution in [2.24, 2.45) is 0 Å². The van der Waals surface area contributed by atoms with Crippen molar-refractivity contribution in [2.45, 2.75) is 36.6 Å². The number of aromatic nitrogens is 2. The highest BCUT2D eigenvalue weighted by Crippen LogP contribution is 2.33. The topological polar surface area (TPSA) is 46.0 Å². The molecule has 0 radical (unpaired) electrons. The van der Waals surface area contributed by atoms with Gasteiger partial charge in [-0.05, 0) is 25.1 Å². The summed E-state index contributed by atoms with van der Waals surface area (Å²) >= 11 is 1.46. The van der Waals surface area contributed by atoms with Crippen LogP contribution in [0.3, 0.4) is 0 Å². The zero-order valence-corrected chi connectivity index (χ0v) is 11.5. The average Bonchev–Trinajstić information content (AvgIpc) is 2.31. The lowest BCUT2D eigenvalue weighted by atomic mass is 10.2. The van der Waals surface area contributed by atoms with Gasteiger partial charge < -0.3 is 5.11 Å². The van der Waals surface area contributed by atoms with E-state index in [1.54, 1.807) is 6.07 Å². The first-order valence-electron chi connectivity index (χ1n) is 5.87. The molecule has 1 aromatic heterocycles. The van der Waals surface area contributed by atoms with Crippen LogP contribution in [0.25, 0.3) is 0 Å². The molecule has 0 aliphatic carbocycles. The summed E-state index contributed by atoms with van der Waals surface area (Å²) in [5, 5.41) is 10.6. The van der Waals surface area contributed by atoms with Gasteiger partial charge in [0.05, 0.1) is 4.90 Å². The molecule has 94 valence electrons. The standard InChI is InChI=1S/C14H16N2OS/c1-9(2)14-15-10(3)8-13(16-14)18-12-7-5-4-6-11(12)17/h4-9,17H,1-3H3. The predicted molar refractivity (Wildman–Crippen MR) is 73.1 cm³/mol. The Bertz CT molecular complexity index is 555. The van der Waals surface area contributed by atoms with Crippen LogP contribution in [0.2, 0.25) is 0 Å². The lowest BCUT2D eigenvalue weighted by Crippen LogP contribution is -2.00. The fraction of sp³-hybridized carbons (Fsp3) is 0.286. The molecule has 0 atom stereocenters. The second-order valence-corrected chi connectivity index (χ2v) is 5.49. The maximum absolute atomic E-state index is 9.76. The van der Waals surface area contributed by atoms with Crippen LogP contribution in [-0.2, 0) is 0 Å². The molecule has 0 aliphatic rings. The van der Waals surface area contributed by atoms with Gasteiger partial charge in [-0.2, -0.15) is 0 Å². The zero-order valence-electron chi connectivity index (χ0n) is 10.7. The molecule has 0 bridgehead atoms. The largest absolute Gasteiger partial charge is 0.507 e. The van der Waals surface area contributed by atoms with Gasteiger partial charge in [-0.15, -0.1) is 0 Å². The monoisotopic (exact) mass is 260 g/mol. The Morgan fingerprint density at radius 3 is 2.56 bits per heavy atom. The van der Waals surface area contributed by atoms with Crippen LogP contribution >= 0.6 is 11.8 Å². The van der Waals surface area contributed by atoms with Gasteiger partial charge in [-0.25, -0.2) is 9.97 Å². The Morgan fingerprint density at radius 2 is 1.89 bits per heavy atom. The molecule has 0 spiro atoms. The molecule has 0 unspecified atom stereocenters. The number of nitrogens with zero attached hydrogens (tertiary/aromatic N) is 2. The number of hydrogen-bond acceptors (Lipinski definition) is 4. The Kier molecular flexibility index (Phi) is 3.87. The normalized spacial score (nSPS) is 10.9. The predicted octanol–water partition coefficient (Wildman–Crippen LogP) is 3.77. The molecule has 0 saturated carbocycles. The molecule has 0 fully saturated rings. The molecule has 2 rings (SSSR count). The molecule has 1 heterocycles. The van der Waals surface area contributed by atoms with Crippen LogP contribution in [0, 0.1) is 6.92 Å². The van der Waals surface area contributed by atoms with Crippen molar-refractivity contribution in [2.75, 3.05) is 0 Å². The SMILES string of the molecule is Cc1cc(Sc2ccccc2O)nc(C(C)C)n1. The summed E-state index contributed by atoms with van der Waals surface area (Å²) in [5.41, 5.74) is 0.951. The molecule has 0 amide bonds. The minimum Gasteiger partial charge on any atom is -0.507 e. The van der Waals surface area contributed by atoms with Crippen molar-refractivity contribution in [1.82, 2.24) is 9.97 Å². The number of para-hydroxylation sites is 1. The Hall–Kier alpha value is -1.55. The van der Waals surface area contributed by atoms with E-state index in [4.69, 9.17) is 0 Å². The van der Waals surface area contributed by atoms with E-state index < -0.39 is 0 Å². The van der Waals surface area contributed by atoms with Crippen LogP contribution in [-0.4, -0.2) is 15.1 Å². The summed E-state index contributed by atoms with van der Waals surface area (Å²) in [4.78, 5) is 9.73.